The van der Waals surface area contributed by atoms with Crippen LogP contribution in [0.25, 0.3) is 0 Å². The number of anilines is 2. The van der Waals surface area contributed by atoms with Gasteiger partial charge in [0.25, 0.3) is 0 Å². The van der Waals surface area contributed by atoms with Gasteiger partial charge in [0, 0.05) is 13.1 Å². The van der Waals surface area contributed by atoms with Crippen LogP contribution in [0.4, 0.5) is 11.8 Å². The van der Waals surface area contributed by atoms with Crippen LogP contribution in [0, 0.1) is 12.8 Å². The maximum absolute atomic E-state index is 6.16. The van der Waals surface area contributed by atoms with Crippen molar-refractivity contribution in [2.45, 2.75) is 26.2 Å². The Morgan fingerprint density at radius 3 is 3.00 bits per heavy atom. The molecule has 1 saturated heterocycles. The lowest BCUT2D eigenvalue weighted by Gasteiger charge is -2.29. The summed E-state index contributed by atoms with van der Waals surface area (Å²) in [5.41, 5.74) is 6.35. The fourth-order valence-corrected chi connectivity index (χ4v) is 2.75. The normalized spacial score (nSPS) is 20.5. The van der Waals surface area contributed by atoms with Crippen LogP contribution in [-0.4, -0.2) is 41.5 Å². The highest BCUT2D eigenvalue weighted by atomic mass is 35.5. The van der Waals surface area contributed by atoms with Crippen LogP contribution < -0.4 is 11.1 Å². The summed E-state index contributed by atoms with van der Waals surface area (Å²) in [5.74, 6) is 1.67. The number of nitrogen functional groups attached to an aromatic ring is 1. The lowest BCUT2D eigenvalue weighted by atomic mass is 9.95. The number of hydrogen-bond donors (Lipinski definition) is 2. The van der Waals surface area contributed by atoms with E-state index in [0.29, 0.717) is 16.5 Å². The predicted molar refractivity (Wildman–Crippen MR) is 79.5 cm³/mol. The Hall–Kier alpha value is -1.07. The van der Waals surface area contributed by atoms with Gasteiger partial charge >= 0.3 is 0 Å². The average Bonchev–Trinajstić information content (AvgIpc) is 2.35. The summed E-state index contributed by atoms with van der Waals surface area (Å²) in [6, 6.07) is 0. The molecule has 0 aromatic carbocycles. The molecule has 106 valence electrons. The van der Waals surface area contributed by atoms with E-state index in [4.69, 9.17) is 17.3 Å². The summed E-state index contributed by atoms with van der Waals surface area (Å²) in [6.45, 7) is 5.10. The van der Waals surface area contributed by atoms with Gasteiger partial charge < -0.3 is 16.0 Å². The van der Waals surface area contributed by atoms with Gasteiger partial charge in [-0.15, -0.1) is 0 Å². The lowest BCUT2D eigenvalue weighted by molar-refractivity contribution is 0.205. The minimum absolute atomic E-state index is 0.266. The number of aromatic nitrogens is 2. The largest absolute Gasteiger partial charge is 0.369 e. The third-order valence-corrected chi connectivity index (χ3v) is 4.05. The first kappa shape index (κ1) is 14.3. The van der Waals surface area contributed by atoms with Gasteiger partial charge in [-0.3, -0.25) is 0 Å². The molecule has 1 aromatic rings. The monoisotopic (exact) mass is 283 g/mol. The Morgan fingerprint density at radius 2 is 2.26 bits per heavy atom. The van der Waals surface area contributed by atoms with Crippen LogP contribution in [0.15, 0.2) is 0 Å². The van der Waals surface area contributed by atoms with Crippen molar-refractivity contribution >= 4 is 23.4 Å². The summed E-state index contributed by atoms with van der Waals surface area (Å²) in [4.78, 5) is 10.6. The SMILES string of the molecule is Cc1nc(N)nc(NCCC2CCCN(C)C2)c1Cl. The Morgan fingerprint density at radius 1 is 1.47 bits per heavy atom. The van der Waals surface area contributed by atoms with Crippen molar-refractivity contribution in [1.29, 1.82) is 0 Å². The molecule has 3 N–H and O–H groups in total. The zero-order valence-corrected chi connectivity index (χ0v) is 12.4. The number of piperidine rings is 1. The van der Waals surface area contributed by atoms with Crippen LogP contribution in [0.3, 0.4) is 0 Å². The first-order valence-corrected chi connectivity index (χ1v) is 7.16. The molecule has 1 fully saturated rings. The standard InChI is InChI=1S/C13H22ClN5/c1-9-11(14)12(18-13(15)17-9)16-6-5-10-4-3-7-19(2)8-10/h10H,3-8H2,1-2H3,(H3,15,16,17,18). The van der Waals surface area contributed by atoms with Crippen molar-refractivity contribution in [3.05, 3.63) is 10.7 Å². The topological polar surface area (TPSA) is 67.1 Å². The molecule has 1 aliphatic heterocycles. The number of rotatable bonds is 4. The Balaban J connectivity index is 1.85. The van der Waals surface area contributed by atoms with Gasteiger partial charge in [-0.2, -0.15) is 4.98 Å². The quantitative estimate of drug-likeness (QED) is 0.886. The number of nitrogens with zero attached hydrogens (tertiary/aromatic N) is 3. The van der Waals surface area contributed by atoms with Gasteiger partial charge in [0.05, 0.1) is 5.69 Å². The molecule has 0 aliphatic carbocycles. The molecule has 1 aliphatic rings. The molecule has 0 saturated carbocycles. The van der Waals surface area contributed by atoms with Crippen LogP contribution in [0.1, 0.15) is 25.0 Å². The lowest BCUT2D eigenvalue weighted by Crippen LogP contribution is -2.32. The van der Waals surface area contributed by atoms with E-state index in [-0.39, 0.29) is 5.95 Å². The van der Waals surface area contributed by atoms with Crippen molar-refractivity contribution < 1.29 is 0 Å². The maximum atomic E-state index is 6.16. The van der Waals surface area contributed by atoms with E-state index in [1.54, 1.807) is 0 Å². The molecular weight excluding hydrogens is 262 g/mol. The van der Waals surface area contributed by atoms with Crippen molar-refractivity contribution in [1.82, 2.24) is 14.9 Å². The highest BCUT2D eigenvalue weighted by molar-refractivity contribution is 6.33. The summed E-state index contributed by atoms with van der Waals surface area (Å²) in [6.07, 6.45) is 3.73. The van der Waals surface area contributed by atoms with E-state index >= 15 is 0 Å². The molecule has 2 heterocycles. The molecule has 0 amide bonds. The fourth-order valence-electron chi connectivity index (χ4n) is 2.60. The minimum atomic E-state index is 0.266. The van der Waals surface area contributed by atoms with Crippen LogP contribution in [-0.2, 0) is 0 Å². The Labute approximate surface area is 119 Å². The van der Waals surface area contributed by atoms with E-state index in [2.05, 4.69) is 27.2 Å². The second-order valence-electron chi connectivity index (χ2n) is 5.32. The second-order valence-corrected chi connectivity index (χ2v) is 5.69. The third kappa shape index (κ3) is 3.94. The van der Waals surface area contributed by atoms with Gasteiger partial charge in [0.1, 0.15) is 5.02 Å². The Kier molecular flexibility index (Phi) is 4.82. The highest BCUT2D eigenvalue weighted by Gasteiger charge is 2.17. The minimum Gasteiger partial charge on any atom is -0.369 e. The van der Waals surface area contributed by atoms with Gasteiger partial charge in [-0.25, -0.2) is 4.98 Å². The number of nitrogens with two attached hydrogens (primary N) is 1. The number of likely N-dealkylation sites (tertiary alicyclic amines) is 1. The molecule has 6 heteroatoms. The first-order chi connectivity index (χ1) is 9.06. The van der Waals surface area contributed by atoms with Crippen molar-refractivity contribution in [2.75, 3.05) is 37.7 Å². The van der Waals surface area contributed by atoms with Crippen LogP contribution in [0.5, 0.6) is 0 Å². The summed E-state index contributed by atoms with van der Waals surface area (Å²) in [7, 11) is 2.19. The highest BCUT2D eigenvalue weighted by Crippen LogP contribution is 2.24. The maximum Gasteiger partial charge on any atom is 0.222 e. The molecule has 0 bridgehead atoms. The molecule has 5 nitrogen and oxygen atoms in total. The summed E-state index contributed by atoms with van der Waals surface area (Å²) in [5, 5.41) is 3.84. The Bertz CT molecular complexity index is 437. The van der Waals surface area contributed by atoms with Gasteiger partial charge in [-0.05, 0) is 45.7 Å². The summed E-state index contributed by atoms with van der Waals surface area (Å²) >= 11 is 6.16. The van der Waals surface area contributed by atoms with Gasteiger partial charge in [-0.1, -0.05) is 11.6 Å². The van der Waals surface area contributed by atoms with E-state index in [1.807, 2.05) is 6.92 Å². The van der Waals surface area contributed by atoms with E-state index in [9.17, 15) is 0 Å². The fraction of sp³-hybridized carbons (Fsp3) is 0.692. The molecule has 19 heavy (non-hydrogen) atoms. The van der Waals surface area contributed by atoms with Crippen LogP contribution in [0.2, 0.25) is 5.02 Å². The smallest absolute Gasteiger partial charge is 0.222 e. The van der Waals surface area contributed by atoms with Crippen molar-refractivity contribution in [2.24, 2.45) is 5.92 Å². The second kappa shape index (κ2) is 6.39. The van der Waals surface area contributed by atoms with Gasteiger partial charge in [0.15, 0.2) is 5.82 Å². The van der Waals surface area contributed by atoms with Crippen molar-refractivity contribution in [3.63, 3.8) is 0 Å². The summed E-state index contributed by atoms with van der Waals surface area (Å²) < 4.78 is 0. The molecule has 1 atom stereocenters. The number of hydrogen-bond acceptors (Lipinski definition) is 5. The molecule has 0 spiro atoms. The molecule has 1 unspecified atom stereocenters. The van der Waals surface area contributed by atoms with E-state index in [1.165, 1.54) is 25.9 Å². The third-order valence-electron chi connectivity index (χ3n) is 3.60. The zero-order chi connectivity index (χ0) is 13.8. The van der Waals surface area contributed by atoms with E-state index in [0.717, 1.165) is 18.9 Å². The predicted octanol–water partition coefficient (Wildman–Crippen LogP) is 2.16. The van der Waals surface area contributed by atoms with Gasteiger partial charge in [0.2, 0.25) is 5.95 Å². The zero-order valence-electron chi connectivity index (χ0n) is 11.6. The molecular formula is C13H22ClN5. The van der Waals surface area contributed by atoms with E-state index < -0.39 is 0 Å². The average molecular weight is 284 g/mol. The first-order valence-electron chi connectivity index (χ1n) is 6.78. The number of aryl methyl sites for hydroxylation is 1. The molecule has 2 rings (SSSR count). The van der Waals surface area contributed by atoms with Crippen LogP contribution >= 0.6 is 11.6 Å². The molecule has 0 radical (unpaired) electrons. The number of halogens is 1. The molecule has 1 aromatic heterocycles. The van der Waals surface area contributed by atoms with Crippen molar-refractivity contribution in [3.8, 4) is 0 Å². The number of nitrogens with one attached hydrogen (secondary N) is 1.